The van der Waals surface area contributed by atoms with Crippen molar-refractivity contribution in [1.82, 2.24) is 0 Å². The summed E-state index contributed by atoms with van der Waals surface area (Å²) in [6.45, 7) is 1.93. The highest BCUT2D eigenvalue weighted by molar-refractivity contribution is 5.87. The van der Waals surface area contributed by atoms with Crippen molar-refractivity contribution in [2.24, 2.45) is 0 Å². The standard InChI is InChI=1S/C35H46O19/c1-14-24(42)25(43)27(45)34(49-14)53-30-15(2)50-35(28(46)26(30)44)54-32-29(47)33(48-10-9-17-4-7-19(38)21(40)12-17)51-22(13-36)31(32)52-23(41)8-5-16-3-6-18(37)20(39)11-16/h3-8,11-12,14-15,22,24-40,42-47H,9-10,13H2,1-2H3/t14-,15-,22+,24-,25+,26-,27+,28+,29+,30-,31+,32+,33+,34-,35-/m0/s1. The van der Waals surface area contributed by atoms with Gasteiger partial charge in [-0.3, -0.25) is 0 Å². The first-order valence-electron chi connectivity index (χ1n) is 17.1. The summed E-state index contributed by atoms with van der Waals surface area (Å²) in [5.74, 6) is -2.55. The first-order valence-corrected chi connectivity index (χ1v) is 17.1. The Morgan fingerprint density at radius 1 is 0.667 bits per heavy atom. The monoisotopic (exact) mass is 770 g/mol. The minimum atomic E-state index is -1.91. The van der Waals surface area contributed by atoms with Crippen LogP contribution in [-0.4, -0.2) is 167 Å². The van der Waals surface area contributed by atoms with Crippen molar-refractivity contribution in [2.45, 2.75) is 112 Å². The lowest BCUT2D eigenvalue weighted by Crippen LogP contribution is -2.66. The molecule has 19 heteroatoms. The average Bonchev–Trinajstić information content (AvgIpc) is 3.14. The van der Waals surface area contributed by atoms with Crippen molar-refractivity contribution >= 4 is 12.0 Å². The first kappa shape index (κ1) is 41.5. The second-order valence-electron chi connectivity index (χ2n) is 13.2. The van der Waals surface area contributed by atoms with Gasteiger partial charge >= 0.3 is 5.97 Å². The van der Waals surface area contributed by atoms with Crippen LogP contribution < -0.4 is 0 Å². The van der Waals surface area contributed by atoms with E-state index in [-0.39, 0.29) is 30.3 Å². The maximum Gasteiger partial charge on any atom is 0.331 e. The lowest BCUT2D eigenvalue weighted by Gasteiger charge is -2.48. The summed E-state index contributed by atoms with van der Waals surface area (Å²) in [6, 6.07) is 7.88. The number of phenolic OH excluding ortho intramolecular Hbond substituents is 4. The number of hydrogen-bond acceptors (Lipinski definition) is 19. The molecule has 300 valence electrons. The van der Waals surface area contributed by atoms with E-state index in [2.05, 4.69) is 0 Å². The zero-order valence-electron chi connectivity index (χ0n) is 29.1. The molecule has 0 spiro atoms. The number of esters is 1. The highest BCUT2D eigenvalue weighted by Gasteiger charge is 2.54. The van der Waals surface area contributed by atoms with Crippen LogP contribution in [0.25, 0.3) is 6.08 Å². The molecule has 0 aliphatic carbocycles. The topological polar surface area (TPSA) is 304 Å². The summed E-state index contributed by atoms with van der Waals surface area (Å²) in [5, 5.41) is 113. The number of carbonyl (C=O) groups excluding carboxylic acids is 1. The molecule has 3 fully saturated rings. The molecule has 15 atom stereocenters. The van der Waals surface area contributed by atoms with Crippen LogP contribution in [0.15, 0.2) is 42.5 Å². The Kier molecular flexibility index (Phi) is 13.7. The predicted molar refractivity (Wildman–Crippen MR) is 178 cm³/mol. The second kappa shape index (κ2) is 17.9. The number of hydrogen-bond donors (Lipinski definition) is 11. The number of ether oxygens (including phenoxy) is 7. The van der Waals surface area contributed by atoms with E-state index in [4.69, 9.17) is 33.2 Å². The SMILES string of the molecule is C[C@@H]1O[C@@H](O[C@@H]2[C@@H](O)[C@@H](O)[C@H](O[C@@H]3[C@@H](O)[C@H](OCCc4ccc(O)c(O)c4)O[C@H](CO)[C@H]3OC(=O)C=Cc3ccc(O)c(O)c3)O[C@H]2C)[C@H](O)[C@H](O)[C@H]1O. The van der Waals surface area contributed by atoms with E-state index in [1.807, 2.05) is 0 Å². The molecule has 5 rings (SSSR count). The van der Waals surface area contributed by atoms with Crippen LogP contribution in [0.4, 0.5) is 0 Å². The van der Waals surface area contributed by atoms with Gasteiger partial charge < -0.3 is 89.3 Å². The van der Waals surface area contributed by atoms with Crippen LogP contribution in [0.3, 0.4) is 0 Å². The van der Waals surface area contributed by atoms with E-state index in [9.17, 15) is 61.0 Å². The van der Waals surface area contributed by atoms with Gasteiger partial charge in [-0.25, -0.2) is 4.79 Å². The van der Waals surface area contributed by atoms with Crippen LogP contribution in [-0.2, 0) is 44.4 Å². The van der Waals surface area contributed by atoms with Crippen LogP contribution in [0.5, 0.6) is 23.0 Å². The van der Waals surface area contributed by atoms with Crippen LogP contribution in [0.1, 0.15) is 25.0 Å². The van der Waals surface area contributed by atoms with Gasteiger partial charge in [0.2, 0.25) is 0 Å². The molecule has 3 heterocycles. The number of phenols is 4. The van der Waals surface area contributed by atoms with Gasteiger partial charge in [0.15, 0.2) is 48.0 Å². The molecule has 54 heavy (non-hydrogen) atoms. The van der Waals surface area contributed by atoms with Crippen LogP contribution in [0.2, 0.25) is 0 Å². The number of rotatable bonds is 12. The first-order chi connectivity index (χ1) is 25.6. The summed E-state index contributed by atoms with van der Waals surface area (Å²) in [7, 11) is 0. The Morgan fingerprint density at radius 2 is 1.28 bits per heavy atom. The molecule has 2 aromatic rings. The van der Waals surface area contributed by atoms with Crippen molar-refractivity contribution < 1.29 is 94.1 Å². The van der Waals surface area contributed by atoms with E-state index < -0.39 is 110 Å². The highest BCUT2D eigenvalue weighted by Crippen LogP contribution is 2.34. The quantitative estimate of drug-likeness (QED) is 0.0622. The molecule has 3 aliphatic rings. The molecule has 0 amide bonds. The number of aromatic hydroxyl groups is 4. The van der Waals surface area contributed by atoms with Gasteiger partial charge in [-0.2, -0.15) is 0 Å². The van der Waals surface area contributed by atoms with Crippen molar-refractivity contribution in [1.29, 1.82) is 0 Å². The molecule has 0 aromatic heterocycles. The molecule has 11 N–H and O–H groups in total. The summed E-state index contributed by atoms with van der Waals surface area (Å²) in [5.41, 5.74) is 0.848. The minimum absolute atomic E-state index is 0.125. The van der Waals surface area contributed by atoms with E-state index in [0.717, 1.165) is 6.08 Å². The third-order valence-electron chi connectivity index (χ3n) is 9.34. The van der Waals surface area contributed by atoms with E-state index in [0.29, 0.717) is 11.1 Å². The maximum atomic E-state index is 13.0. The molecule has 3 saturated heterocycles. The number of carbonyl (C=O) groups is 1. The van der Waals surface area contributed by atoms with Crippen molar-refractivity contribution in [3.8, 4) is 23.0 Å². The molecule has 3 aliphatic heterocycles. The fraction of sp³-hybridized carbons (Fsp3) is 0.571. The average molecular weight is 771 g/mol. The summed E-state index contributed by atoms with van der Waals surface area (Å²) < 4.78 is 40.0. The Bertz CT molecular complexity index is 1590. The van der Waals surface area contributed by atoms with Gasteiger partial charge in [0.25, 0.3) is 0 Å². The van der Waals surface area contributed by atoms with Crippen LogP contribution >= 0.6 is 0 Å². The maximum absolute atomic E-state index is 13.0. The molecule has 19 nitrogen and oxygen atoms in total. The molecule has 0 unspecified atom stereocenters. The Morgan fingerprint density at radius 3 is 1.93 bits per heavy atom. The van der Waals surface area contributed by atoms with Crippen LogP contribution in [0, 0.1) is 0 Å². The van der Waals surface area contributed by atoms with Gasteiger partial charge in [0.05, 0.1) is 25.4 Å². The van der Waals surface area contributed by atoms with Crippen molar-refractivity contribution in [2.75, 3.05) is 13.2 Å². The zero-order valence-corrected chi connectivity index (χ0v) is 29.1. The summed E-state index contributed by atoms with van der Waals surface area (Å²) in [6.07, 6.45) is -20.9. The zero-order chi connectivity index (χ0) is 39.4. The van der Waals surface area contributed by atoms with Gasteiger partial charge in [-0.1, -0.05) is 12.1 Å². The molecular formula is C35H46O19. The molecule has 0 saturated carbocycles. The van der Waals surface area contributed by atoms with Crippen molar-refractivity contribution in [3.63, 3.8) is 0 Å². The Balaban J connectivity index is 1.33. The normalized spacial score (nSPS) is 37.3. The fourth-order valence-electron chi connectivity index (χ4n) is 6.22. The van der Waals surface area contributed by atoms with E-state index in [1.165, 1.54) is 56.3 Å². The minimum Gasteiger partial charge on any atom is -0.504 e. The summed E-state index contributed by atoms with van der Waals surface area (Å²) in [4.78, 5) is 13.0. The Labute approximate surface area is 308 Å². The summed E-state index contributed by atoms with van der Waals surface area (Å²) >= 11 is 0. The molecule has 0 radical (unpaired) electrons. The number of aliphatic hydroxyl groups is 7. The van der Waals surface area contributed by atoms with Gasteiger partial charge in [-0.15, -0.1) is 0 Å². The third-order valence-corrected chi connectivity index (χ3v) is 9.34. The largest absolute Gasteiger partial charge is 0.504 e. The third kappa shape index (κ3) is 9.40. The second-order valence-corrected chi connectivity index (χ2v) is 13.2. The smallest absolute Gasteiger partial charge is 0.331 e. The Hall–Kier alpha value is -3.67. The highest BCUT2D eigenvalue weighted by atomic mass is 16.8. The van der Waals surface area contributed by atoms with E-state index in [1.54, 1.807) is 0 Å². The molecular weight excluding hydrogens is 724 g/mol. The fourth-order valence-corrected chi connectivity index (χ4v) is 6.22. The molecule has 0 bridgehead atoms. The lowest BCUT2D eigenvalue weighted by molar-refractivity contribution is -0.375. The van der Waals surface area contributed by atoms with Gasteiger partial charge in [0.1, 0.15) is 54.9 Å². The van der Waals surface area contributed by atoms with Gasteiger partial charge in [-0.05, 0) is 61.7 Å². The lowest BCUT2D eigenvalue weighted by atomic mass is 9.96. The predicted octanol–water partition coefficient (Wildman–Crippen LogP) is -2.16. The number of aliphatic hydroxyl groups excluding tert-OH is 7. The van der Waals surface area contributed by atoms with Gasteiger partial charge in [0, 0.05) is 6.08 Å². The van der Waals surface area contributed by atoms with Crippen molar-refractivity contribution in [3.05, 3.63) is 53.6 Å². The van der Waals surface area contributed by atoms with E-state index >= 15 is 0 Å². The molecule has 2 aromatic carbocycles. The number of benzene rings is 2.